The first-order valence-electron chi connectivity index (χ1n) is 6.30. The highest BCUT2D eigenvalue weighted by Gasteiger charge is 2.15. The van der Waals surface area contributed by atoms with Crippen LogP contribution in [0.4, 0.5) is 11.6 Å². The van der Waals surface area contributed by atoms with Crippen LogP contribution in [0.25, 0.3) is 11.2 Å². The van der Waals surface area contributed by atoms with E-state index in [1.54, 1.807) is 0 Å². The van der Waals surface area contributed by atoms with E-state index in [1.807, 2.05) is 27.7 Å². The molecular weight excluding hydrogens is 299 g/mol. The third-order valence-corrected chi connectivity index (χ3v) is 2.74. The molecule has 0 aromatic carbocycles. The summed E-state index contributed by atoms with van der Waals surface area (Å²) < 4.78 is 0. The number of rotatable bonds is 4. The Bertz CT molecular complexity index is 629. The number of halogens is 2. The lowest BCUT2D eigenvalue weighted by molar-refractivity contribution is 0.867. The monoisotopic (exact) mass is 314 g/mol. The van der Waals surface area contributed by atoms with Gasteiger partial charge in [0.05, 0.1) is 0 Å². The van der Waals surface area contributed by atoms with Gasteiger partial charge in [0.15, 0.2) is 22.4 Å². The van der Waals surface area contributed by atoms with E-state index in [0.29, 0.717) is 22.8 Å². The highest BCUT2D eigenvalue weighted by molar-refractivity contribution is 6.35. The van der Waals surface area contributed by atoms with Crippen LogP contribution >= 0.6 is 23.2 Å². The highest BCUT2D eigenvalue weighted by Crippen LogP contribution is 2.26. The van der Waals surface area contributed by atoms with Crippen LogP contribution in [0, 0.1) is 0 Å². The van der Waals surface area contributed by atoms with Crippen molar-refractivity contribution >= 4 is 46.0 Å². The molecule has 2 aromatic rings. The average molecular weight is 315 g/mol. The number of anilines is 2. The third-order valence-electron chi connectivity index (χ3n) is 2.31. The lowest BCUT2D eigenvalue weighted by Crippen LogP contribution is -2.18. The summed E-state index contributed by atoms with van der Waals surface area (Å²) in [6, 6.07) is 0.420. The first-order valence-corrected chi connectivity index (χ1v) is 7.06. The fourth-order valence-electron chi connectivity index (χ4n) is 1.64. The van der Waals surface area contributed by atoms with Gasteiger partial charge in [0, 0.05) is 12.1 Å². The molecule has 2 aromatic heterocycles. The zero-order valence-corrected chi connectivity index (χ0v) is 13.2. The standard InChI is InChI=1S/C12H16Cl2N6/c1-5(2)15-10-11(16-6(3)4)19-9-7(17-10)8(13)18-12(14)20-9/h5-6H,1-4H3,(H,15,17)(H,16,18,19,20). The Morgan fingerprint density at radius 3 is 1.90 bits per heavy atom. The molecule has 2 rings (SSSR count). The second-order valence-corrected chi connectivity index (χ2v) is 5.67. The van der Waals surface area contributed by atoms with Crippen molar-refractivity contribution in [2.45, 2.75) is 39.8 Å². The lowest BCUT2D eigenvalue weighted by atomic mass is 10.3. The first-order chi connectivity index (χ1) is 9.36. The van der Waals surface area contributed by atoms with Gasteiger partial charge in [-0.2, -0.15) is 4.98 Å². The summed E-state index contributed by atoms with van der Waals surface area (Å²) in [5, 5.41) is 6.70. The Morgan fingerprint density at radius 1 is 0.800 bits per heavy atom. The maximum atomic E-state index is 6.04. The molecule has 0 spiro atoms. The van der Waals surface area contributed by atoms with Crippen LogP contribution < -0.4 is 10.6 Å². The molecule has 0 saturated carbocycles. The van der Waals surface area contributed by atoms with Crippen LogP contribution in [-0.2, 0) is 0 Å². The summed E-state index contributed by atoms with van der Waals surface area (Å²) >= 11 is 11.8. The summed E-state index contributed by atoms with van der Waals surface area (Å²) in [6.45, 7) is 8.08. The lowest BCUT2D eigenvalue weighted by Gasteiger charge is -2.16. The van der Waals surface area contributed by atoms with Gasteiger partial charge in [0.25, 0.3) is 0 Å². The van der Waals surface area contributed by atoms with Crippen molar-refractivity contribution in [3.63, 3.8) is 0 Å². The van der Waals surface area contributed by atoms with Crippen LogP contribution in [0.3, 0.4) is 0 Å². The van der Waals surface area contributed by atoms with Crippen LogP contribution in [0.5, 0.6) is 0 Å². The predicted molar refractivity (Wildman–Crippen MR) is 82.7 cm³/mol. The predicted octanol–water partition coefficient (Wildman–Crippen LogP) is 3.37. The Balaban J connectivity index is 2.61. The minimum Gasteiger partial charge on any atom is -0.365 e. The van der Waals surface area contributed by atoms with Gasteiger partial charge in [-0.3, -0.25) is 0 Å². The number of fused-ring (bicyclic) bond motifs is 1. The van der Waals surface area contributed by atoms with E-state index < -0.39 is 0 Å². The molecule has 0 saturated heterocycles. The number of hydrogen-bond acceptors (Lipinski definition) is 6. The maximum absolute atomic E-state index is 6.04. The van der Waals surface area contributed by atoms with Crippen LogP contribution in [0.15, 0.2) is 0 Å². The van der Waals surface area contributed by atoms with Crippen LogP contribution in [-0.4, -0.2) is 32.0 Å². The molecule has 0 aliphatic carbocycles. The van der Waals surface area contributed by atoms with Crippen molar-refractivity contribution < 1.29 is 0 Å². The van der Waals surface area contributed by atoms with E-state index in [0.717, 1.165) is 0 Å². The molecule has 0 amide bonds. The molecule has 0 bridgehead atoms. The molecule has 0 aliphatic heterocycles. The summed E-state index contributed by atoms with van der Waals surface area (Å²) in [5.74, 6) is 1.24. The molecule has 6 nitrogen and oxygen atoms in total. The fourth-order valence-corrected chi connectivity index (χ4v) is 2.05. The molecule has 2 heterocycles. The minimum atomic E-state index is 0.0527. The molecular formula is C12H16Cl2N6. The number of nitrogens with zero attached hydrogens (tertiary/aromatic N) is 4. The topological polar surface area (TPSA) is 75.6 Å². The zero-order valence-electron chi connectivity index (χ0n) is 11.7. The van der Waals surface area contributed by atoms with Gasteiger partial charge >= 0.3 is 0 Å². The van der Waals surface area contributed by atoms with Crippen molar-refractivity contribution in [3.8, 4) is 0 Å². The third kappa shape index (κ3) is 3.37. The molecule has 0 radical (unpaired) electrons. The van der Waals surface area contributed by atoms with E-state index in [4.69, 9.17) is 23.2 Å². The second-order valence-electron chi connectivity index (χ2n) is 4.97. The van der Waals surface area contributed by atoms with E-state index in [1.165, 1.54) is 0 Å². The molecule has 0 aliphatic rings. The van der Waals surface area contributed by atoms with Crippen molar-refractivity contribution in [2.24, 2.45) is 0 Å². The highest BCUT2D eigenvalue weighted by atomic mass is 35.5. The van der Waals surface area contributed by atoms with E-state index in [-0.39, 0.29) is 22.5 Å². The summed E-state index contributed by atoms with van der Waals surface area (Å²) in [4.78, 5) is 16.8. The van der Waals surface area contributed by atoms with Gasteiger partial charge < -0.3 is 10.6 Å². The summed E-state index contributed by atoms with van der Waals surface area (Å²) in [7, 11) is 0. The van der Waals surface area contributed by atoms with Gasteiger partial charge in [-0.05, 0) is 39.3 Å². The summed E-state index contributed by atoms with van der Waals surface area (Å²) in [6.07, 6.45) is 0. The minimum absolute atomic E-state index is 0.0527. The SMILES string of the molecule is CC(C)Nc1nc2nc(Cl)nc(Cl)c2nc1NC(C)C. The Kier molecular flexibility index (Phi) is 4.45. The van der Waals surface area contributed by atoms with E-state index >= 15 is 0 Å². The van der Waals surface area contributed by atoms with E-state index in [9.17, 15) is 0 Å². The number of hydrogen-bond donors (Lipinski definition) is 2. The molecule has 0 atom stereocenters. The molecule has 2 N–H and O–H groups in total. The number of aromatic nitrogens is 4. The van der Waals surface area contributed by atoms with Crippen molar-refractivity contribution in [1.82, 2.24) is 19.9 Å². The summed E-state index contributed by atoms with van der Waals surface area (Å²) in [5.41, 5.74) is 0.793. The van der Waals surface area contributed by atoms with Gasteiger partial charge in [-0.15, -0.1) is 0 Å². The molecule has 0 fully saturated rings. The largest absolute Gasteiger partial charge is 0.365 e. The quantitative estimate of drug-likeness (QED) is 0.665. The van der Waals surface area contributed by atoms with Crippen LogP contribution in [0.2, 0.25) is 10.4 Å². The molecule has 8 heteroatoms. The van der Waals surface area contributed by atoms with Gasteiger partial charge in [-0.25, -0.2) is 15.0 Å². The van der Waals surface area contributed by atoms with Crippen molar-refractivity contribution in [2.75, 3.05) is 10.6 Å². The first kappa shape index (κ1) is 15.0. The normalized spacial score (nSPS) is 11.4. The smallest absolute Gasteiger partial charge is 0.225 e. The Hall–Kier alpha value is -1.40. The number of nitrogens with one attached hydrogen (secondary N) is 2. The molecule has 108 valence electrons. The average Bonchev–Trinajstić information content (AvgIpc) is 2.29. The van der Waals surface area contributed by atoms with E-state index in [2.05, 4.69) is 30.6 Å². The van der Waals surface area contributed by atoms with Gasteiger partial charge in [0.2, 0.25) is 5.28 Å². The van der Waals surface area contributed by atoms with Crippen molar-refractivity contribution in [3.05, 3.63) is 10.4 Å². The molecule has 20 heavy (non-hydrogen) atoms. The Morgan fingerprint density at radius 2 is 1.35 bits per heavy atom. The maximum Gasteiger partial charge on any atom is 0.225 e. The van der Waals surface area contributed by atoms with Crippen molar-refractivity contribution in [1.29, 1.82) is 0 Å². The van der Waals surface area contributed by atoms with Gasteiger partial charge in [0.1, 0.15) is 5.52 Å². The zero-order chi connectivity index (χ0) is 14.9. The van der Waals surface area contributed by atoms with Crippen LogP contribution in [0.1, 0.15) is 27.7 Å². The Labute approximate surface area is 127 Å². The fraction of sp³-hybridized carbons (Fsp3) is 0.500. The second kappa shape index (κ2) is 5.93. The van der Waals surface area contributed by atoms with Gasteiger partial charge in [-0.1, -0.05) is 11.6 Å². The molecule has 0 unspecified atom stereocenters.